The maximum absolute atomic E-state index is 10.7. The number of carbonyl (C=O) groups excluding carboxylic acids is 1. The highest BCUT2D eigenvalue weighted by atomic mass is 79.9. The number of hydrogen-bond donors (Lipinski definition) is 2. The minimum Gasteiger partial charge on any atom is -0.396 e. The fraction of sp³-hybridized carbons (Fsp3) is 0. The van der Waals surface area contributed by atoms with Crippen molar-refractivity contribution in [3.63, 3.8) is 0 Å². The number of anilines is 1. The van der Waals surface area contributed by atoms with Crippen LogP contribution in [0.1, 0.15) is 10.5 Å². The van der Waals surface area contributed by atoms with Gasteiger partial charge in [0.15, 0.2) is 5.69 Å². The van der Waals surface area contributed by atoms with Crippen molar-refractivity contribution in [3.8, 4) is 0 Å². The number of rotatable bonds is 1. The molecule has 12 heavy (non-hydrogen) atoms. The number of halogens is 2. The van der Waals surface area contributed by atoms with E-state index in [1.807, 2.05) is 0 Å². The van der Waals surface area contributed by atoms with Crippen LogP contribution in [0.2, 0.25) is 5.02 Å². The van der Waals surface area contributed by atoms with E-state index >= 15 is 0 Å². The molecule has 0 aliphatic heterocycles. The molecule has 1 amide bonds. The quantitative estimate of drug-likeness (QED) is 0.785. The highest BCUT2D eigenvalue weighted by molar-refractivity contribution is 9.10. The van der Waals surface area contributed by atoms with Gasteiger partial charge in [0.25, 0.3) is 5.91 Å². The van der Waals surface area contributed by atoms with Crippen LogP contribution in [0, 0.1) is 0 Å². The minimum atomic E-state index is -0.693. The summed E-state index contributed by atoms with van der Waals surface area (Å²) in [5, 5.41) is 0.249. The lowest BCUT2D eigenvalue weighted by Crippen LogP contribution is -2.15. The highest BCUT2D eigenvalue weighted by Crippen LogP contribution is 2.28. The van der Waals surface area contributed by atoms with E-state index in [4.69, 9.17) is 23.1 Å². The summed E-state index contributed by atoms with van der Waals surface area (Å²) in [6.07, 6.45) is 1.37. The highest BCUT2D eigenvalue weighted by Gasteiger charge is 2.12. The number of hydrogen-bond acceptors (Lipinski definition) is 3. The molecule has 0 atom stereocenters. The lowest BCUT2D eigenvalue weighted by molar-refractivity contribution is 0.0996. The van der Waals surface area contributed by atoms with Crippen molar-refractivity contribution in [1.29, 1.82) is 0 Å². The predicted molar refractivity (Wildman–Crippen MR) is 49.9 cm³/mol. The Labute approximate surface area is 82.0 Å². The Hall–Kier alpha value is -0.810. The largest absolute Gasteiger partial charge is 0.396 e. The van der Waals surface area contributed by atoms with Gasteiger partial charge in [-0.2, -0.15) is 0 Å². The molecule has 0 aliphatic rings. The Kier molecular flexibility index (Phi) is 2.54. The molecule has 0 radical (unpaired) electrons. The van der Waals surface area contributed by atoms with E-state index < -0.39 is 5.91 Å². The van der Waals surface area contributed by atoms with Gasteiger partial charge < -0.3 is 11.5 Å². The number of primary amides is 1. The average Bonchev–Trinajstić information content (AvgIpc) is 2.00. The first-order chi connectivity index (χ1) is 5.54. The number of aromatic nitrogens is 1. The van der Waals surface area contributed by atoms with Gasteiger partial charge in [-0.3, -0.25) is 4.79 Å². The number of nitrogens with two attached hydrogens (primary N) is 2. The molecule has 0 unspecified atom stereocenters. The fourth-order valence-electron chi connectivity index (χ4n) is 0.676. The molecule has 0 spiro atoms. The molecule has 6 heteroatoms. The van der Waals surface area contributed by atoms with Gasteiger partial charge in [-0.1, -0.05) is 11.6 Å². The van der Waals surface area contributed by atoms with Crippen molar-refractivity contribution in [1.82, 2.24) is 4.98 Å². The smallest absolute Gasteiger partial charge is 0.269 e. The molecule has 0 saturated carbocycles. The summed E-state index contributed by atoms with van der Waals surface area (Å²) in [7, 11) is 0. The first kappa shape index (κ1) is 9.28. The molecule has 64 valence electrons. The summed E-state index contributed by atoms with van der Waals surface area (Å²) in [4.78, 5) is 14.4. The molecular weight excluding hydrogens is 245 g/mol. The number of pyridine rings is 1. The first-order valence-electron chi connectivity index (χ1n) is 2.93. The van der Waals surface area contributed by atoms with Gasteiger partial charge in [-0.15, -0.1) is 0 Å². The summed E-state index contributed by atoms with van der Waals surface area (Å²) in [6.45, 7) is 0. The number of nitrogen functional groups attached to an aromatic ring is 1. The van der Waals surface area contributed by atoms with Crippen molar-refractivity contribution in [2.45, 2.75) is 0 Å². The Balaban J connectivity index is 3.36. The van der Waals surface area contributed by atoms with Crippen LogP contribution in [0.15, 0.2) is 10.7 Å². The van der Waals surface area contributed by atoms with Gasteiger partial charge in [-0.25, -0.2) is 4.98 Å². The van der Waals surface area contributed by atoms with Crippen molar-refractivity contribution >= 4 is 39.1 Å². The second-order valence-corrected chi connectivity index (χ2v) is 3.28. The third-order valence-corrected chi connectivity index (χ3v) is 2.48. The van der Waals surface area contributed by atoms with Crippen LogP contribution in [-0.2, 0) is 0 Å². The lowest BCUT2D eigenvalue weighted by atomic mass is 10.3. The van der Waals surface area contributed by atoms with E-state index in [1.54, 1.807) is 0 Å². The molecule has 0 aromatic carbocycles. The number of nitrogens with zero attached hydrogens (tertiary/aromatic N) is 1. The maximum atomic E-state index is 10.7. The Morgan fingerprint density at radius 1 is 1.67 bits per heavy atom. The topological polar surface area (TPSA) is 82.0 Å². The van der Waals surface area contributed by atoms with E-state index in [9.17, 15) is 4.79 Å². The van der Waals surface area contributed by atoms with E-state index in [1.165, 1.54) is 6.20 Å². The second-order valence-electron chi connectivity index (χ2n) is 2.05. The summed E-state index contributed by atoms with van der Waals surface area (Å²) in [5.74, 6) is -0.693. The van der Waals surface area contributed by atoms with E-state index in [-0.39, 0.29) is 16.4 Å². The van der Waals surface area contributed by atoms with Crippen LogP contribution in [0.5, 0.6) is 0 Å². The summed E-state index contributed by atoms with van der Waals surface area (Å²) >= 11 is 8.81. The molecular formula is C6H5BrClN3O. The van der Waals surface area contributed by atoms with Gasteiger partial charge in [0.1, 0.15) is 0 Å². The minimum absolute atomic E-state index is 0.0109. The predicted octanol–water partition coefficient (Wildman–Crippen LogP) is 1.18. The molecule has 1 aromatic rings. The van der Waals surface area contributed by atoms with E-state index in [0.717, 1.165) is 0 Å². The second kappa shape index (κ2) is 3.28. The molecule has 4 nitrogen and oxygen atoms in total. The zero-order chi connectivity index (χ0) is 9.30. The zero-order valence-electron chi connectivity index (χ0n) is 5.84. The summed E-state index contributed by atoms with van der Waals surface area (Å²) in [5.41, 5.74) is 10.5. The third-order valence-electron chi connectivity index (χ3n) is 1.24. The van der Waals surface area contributed by atoms with Crippen LogP contribution in [0.3, 0.4) is 0 Å². The molecule has 1 rings (SSSR count). The molecule has 0 bridgehead atoms. The van der Waals surface area contributed by atoms with Crippen molar-refractivity contribution in [2.75, 3.05) is 5.73 Å². The summed E-state index contributed by atoms with van der Waals surface area (Å²) in [6, 6.07) is 0. The molecule has 0 aliphatic carbocycles. The Morgan fingerprint density at radius 2 is 2.25 bits per heavy atom. The van der Waals surface area contributed by atoms with Crippen molar-refractivity contribution in [3.05, 3.63) is 21.4 Å². The van der Waals surface area contributed by atoms with E-state index in [0.29, 0.717) is 4.47 Å². The Morgan fingerprint density at radius 3 is 2.75 bits per heavy atom. The first-order valence-corrected chi connectivity index (χ1v) is 4.10. The standard InChI is InChI=1S/C6H5BrClN3O/c7-2-1-11-5(6(10)12)4(9)3(2)8/h1H,9H2,(H2,10,12). The molecule has 4 N–H and O–H groups in total. The monoisotopic (exact) mass is 249 g/mol. The molecule has 0 fully saturated rings. The molecule has 0 saturated heterocycles. The SMILES string of the molecule is NC(=O)c1ncc(Br)c(Cl)c1N. The zero-order valence-corrected chi connectivity index (χ0v) is 8.19. The van der Waals surface area contributed by atoms with Gasteiger partial charge in [-0.05, 0) is 15.9 Å². The maximum Gasteiger partial charge on any atom is 0.269 e. The lowest BCUT2D eigenvalue weighted by Gasteiger charge is -2.03. The number of amides is 1. The van der Waals surface area contributed by atoms with Gasteiger partial charge >= 0.3 is 0 Å². The molecule has 1 aromatic heterocycles. The van der Waals surface area contributed by atoms with E-state index in [2.05, 4.69) is 20.9 Å². The van der Waals surface area contributed by atoms with Crippen molar-refractivity contribution in [2.24, 2.45) is 5.73 Å². The van der Waals surface area contributed by atoms with Crippen LogP contribution < -0.4 is 11.5 Å². The molecule has 1 heterocycles. The number of carbonyl (C=O) groups is 1. The summed E-state index contributed by atoms with van der Waals surface area (Å²) < 4.78 is 0.534. The average molecular weight is 250 g/mol. The van der Waals surface area contributed by atoms with Gasteiger partial charge in [0.2, 0.25) is 0 Å². The Bertz CT molecular complexity index is 342. The van der Waals surface area contributed by atoms with Crippen LogP contribution in [0.25, 0.3) is 0 Å². The third kappa shape index (κ3) is 1.51. The van der Waals surface area contributed by atoms with Gasteiger partial charge in [0.05, 0.1) is 15.2 Å². The van der Waals surface area contributed by atoms with Crippen LogP contribution in [-0.4, -0.2) is 10.9 Å². The van der Waals surface area contributed by atoms with Crippen LogP contribution >= 0.6 is 27.5 Å². The van der Waals surface area contributed by atoms with Gasteiger partial charge in [0, 0.05) is 6.20 Å². The fourth-order valence-corrected chi connectivity index (χ4v) is 1.13. The van der Waals surface area contributed by atoms with Crippen molar-refractivity contribution < 1.29 is 4.79 Å². The normalized spacial score (nSPS) is 9.83. The van der Waals surface area contributed by atoms with Crippen LogP contribution in [0.4, 0.5) is 5.69 Å².